The summed E-state index contributed by atoms with van der Waals surface area (Å²) in [5.74, 6) is -0.881. The number of urea groups is 1. The van der Waals surface area contributed by atoms with E-state index in [9.17, 15) is 9.59 Å². The minimum Gasteiger partial charge on any atom is -0.481 e. The molecule has 0 saturated carbocycles. The Kier molecular flexibility index (Phi) is 5.76. The van der Waals surface area contributed by atoms with Crippen molar-refractivity contribution in [2.45, 2.75) is 46.7 Å². The van der Waals surface area contributed by atoms with E-state index in [4.69, 9.17) is 5.11 Å². The summed E-state index contributed by atoms with van der Waals surface area (Å²) in [6.07, 6.45) is -0.0438. The molecule has 0 bridgehead atoms. The zero-order chi connectivity index (χ0) is 16.0. The van der Waals surface area contributed by atoms with Gasteiger partial charge in [0.05, 0.1) is 6.42 Å². The summed E-state index contributed by atoms with van der Waals surface area (Å²) in [7, 11) is 0. The van der Waals surface area contributed by atoms with Crippen LogP contribution in [0.15, 0.2) is 24.3 Å². The third kappa shape index (κ3) is 5.85. The summed E-state index contributed by atoms with van der Waals surface area (Å²) >= 11 is 0. The molecule has 0 saturated heterocycles. The van der Waals surface area contributed by atoms with Crippen LogP contribution in [0.4, 0.5) is 4.79 Å². The number of nitrogens with one attached hydrogen (secondary N) is 2. The maximum atomic E-state index is 11.9. The van der Waals surface area contributed by atoms with E-state index < -0.39 is 5.97 Å². The van der Waals surface area contributed by atoms with Crippen LogP contribution in [0.2, 0.25) is 0 Å². The Balaban J connectivity index is 2.59. The maximum absolute atomic E-state index is 11.9. The quantitative estimate of drug-likeness (QED) is 0.780. The third-order valence-electron chi connectivity index (χ3n) is 3.55. The number of carbonyl (C=O) groups is 2. The lowest BCUT2D eigenvalue weighted by molar-refractivity contribution is -0.136. The molecule has 1 rings (SSSR count). The van der Waals surface area contributed by atoms with Crippen molar-refractivity contribution in [2.75, 3.05) is 0 Å². The van der Waals surface area contributed by atoms with Gasteiger partial charge in [-0.2, -0.15) is 0 Å². The molecule has 1 atom stereocenters. The van der Waals surface area contributed by atoms with Gasteiger partial charge in [-0.25, -0.2) is 4.79 Å². The van der Waals surface area contributed by atoms with Crippen molar-refractivity contribution >= 4 is 12.0 Å². The average Bonchev–Trinajstić information content (AvgIpc) is 2.36. The van der Waals surface area contributed by atoms with Crippen molar-refractivity contribution in [3.05, 3.63) is 35.4 Å². The van der Waals surface area contributed by atoms with Crippen molar-refractivity contribution in [3.8, 4) is 0 Å². The lowest BCUT2D eigenvalue weighted by atomic mass is 9.88. The topological polar surface area (TPSA) is 78.4 Å². The van der Waals surface area contributed by atoms with Gasteiger partial charge in [-0.1, -0.05) is 45.0 Å². The Labute approximate surface area is 125 Å². The Bertz CT molecular complexity index is 506. The largest absolute Gasteiger partial charge is 0.481 e. The van der Waals surface area contributed by atoms with E-state index in [1.807, 2.05) is 19.1 Å². The second kappa shape index (κ2) is 7.11. The van der Waals surface area contributed by atoms with Gasteiger partial charge >= 0.3 is 12.0 Å². The Morgan fingerprint density at radius 1 is 1.19 bits per heavy atom. The molecule has 1 aromatic carbocycles. The van der Waals surface area contributed by atoms with Crippen LogP contribution in [-0.2, 0) is 17.8 Å². The van der Waals surface area contributed by atoms with Gasteiger partial charge < -0.3 is 15.7 Å². The van der Waals surface area contributed by atoms with Gasteiger partial charge in [0.1, 0.15) is 0 Å². The number of hydrogen-bond acceptors (Lipinski definition) is 2. The molecule has 1 unspecified atom stereocenters. The Morgan fingerprint density at radius 2 is 1.76 bits per heavy atom. The van der Waals surface area contributed by atoms with Gasteiger partial charge in [0, 0.05) is 12.6 Å². The first-order chi connectivity index (χ1) is 9.70. The van der Waals surface area contributed by atoms with Crippen LogP contribution < -0.4 is 10.6 Å². The molecule has 0 aromatic heterocycles. The van der Waals surface area contributed by atoms with Crippen LogP contribution in [0.1, 0.15) is 38.8 Å². The van der Waals surface area contributed by atoms with Crippen LogP contribution >= 0.6 is 0 Å². The minimum absolute atomic E-state index is 0.0153. The molecule has 21 heavy (non-hydrogen) atoms. The molecule has 0 aliphatic rings. The van der Waals surface area contributed by atoms with Crippen LogP contribution in [-0.4, -0.2) is 23.1 Å². The number of hydrogen-bond donors (Lipinski definition) is 3. The number of benzene rings is 1. The normalized spacial score (nSPS) is 12.6. The molecule has 1 aromatic rings. The third-order valence-corrected chi connectivity index (χ3v) is 3.55. The zero-order valence-electron chi connectivity index (χ0n) is 13.1. The molecular weight excluding hydrogens is 268 g/mol. The van der Waals surface area contributed by atoms with Gasteiger partial charge in [-0.05, 0) is 23.5 Å². The van der Waals surface area contributed by atoms with E-state index in [1.54, 1.807) is 12.1 Å². The predicted octanol–water partition coefficient (Wildman–Crippen LogP) is 2.55. The lowest BCUT2D eigenvalue weighted by Gasteiger charge is -2.28. The molecule has 116 valence electrons. The van der Waals surface area contributed by atoms with E-state index >= 15 is 0 Å². The van der Waals surface area contributed by atoms with Crippen molar-refractivity contribution in [1.82, 2.24) is 10.6 Å². The molecule has 5 heteroatoms. The molecule has 5 nitrogen and oxygen atoms in total. The van der Waals surface area contributed by atoms with Crippen molar-refractivity contribution < 1.29 is 14.7 Å². The van der Waals surface area contributed by atoms with Gasteiger partial charge in [0.2, 0.25) is 0 Å². The highest BCUT2D eigenvalue weighted by Gasteiger charge is 2.21. The molecule has 3 N–H and O–H groups in total. The fourth-order valence-electron chi connectivity index (χ4n) is 1.71. The summed E-state index contributed by atoms with van der Waals surface area (Å²) < 4.78 is 0. The van der Waals surface area contributed by atoms with Gasteiger partial charge in [-0.15, -0.1) is 0 Å². The van der Waals surface area contributed by atoms with Crippen LogP contribution in [0.25, 0.3) is 0 Å². The first-order valence-electron chi connectivity index (χ1n) is 7.03. The molecular formula is C16H24N2O3. The summed E-state index contributed by atoms with van der Waals surface area (Å²) in [5.41, 5.74) is 1.52. The van der Waals surface area contributed by atoms with E-state index in [0.29, 0.717) is 12.1 Å². The first kappa shape index (κ1) is 17.0. The monoisotopic (exact) mass is 292 g/mol. The predicted molar refractivity (Wildman–Crippen MR) is 82.1 cm³/mol. The van der Waals surface area contributed by atoms with Crippen molar-refractivity contribution in [1.29, 1.82) is 0 Å². The fourth-order valence-corrected chi connectivity index (χ4v) is 1.71. The number of aliphatic carboxylic acids is 1. The fraction of sp³-hybridized carbons (Fsp3) is 0.500. The van der Waals surface area contributed by atoms with Crippen molar-refractivity contribution in [3.63, 3.8) is 0 Å². The molecule has 0 heterocycles. The molecule has 0 spiro atoms. The van der Waals surface area contributed by atoms with Gasteiger partial charge in [0.15, 0.2) is 0 Å². The summed E-state index contributed by atoms with van der Waals surface area (Å²) in [4.78, 5) is 22.7. The highest BCUT2D eigenvalue weighted by atomic mass is 16.4. The SMILES string of the molecule is CC(NC(=O)NCc1ccccc1CC(=O)O)C(C)(C)C. The number of carboxylic acid groups (broad SMARTS) is 1. The van der Waals surface area contributed by atoms with Crippen LogP contribution in [0.3, 0.4) is 0 Å². The minimum atomic E-state index is -0.881. The van der Waals surface area contributed by atoms with Crippen LogP contribution in [0, 0.1) is 5.41 Å². The smallest absolute Gasteiger partial charge is 0.315 e. The number of carboxylic acids is 1. The Morgan fingerprint density at radius 3 is 2.29 bits per heavy atom. The molecule has 0 fully saturated rings. The summed E-state index contributed by atoms with van der Waals surface area (Å²) in [6.45, 7) is 8.43. The first-order valence-corrected chi connectivity index (χ1v) is 7.03. The molecule has 0 aliphatic carbocycles. The van der Waals surface area contributed by atoms with Gasteiger partial charge in [-0.3, -0.25) is 4.79 Å². The van der Waals surface area contributed by atoms with Gasteiger partial charge in [0.25, 0.3) is 0 Å². The average molecular weight is 292 g/mol. The van der Waals surface area contributed by atoms with Crippen molar-refractivity contribution in [2.24, 2.45) is 5.41 Å². The van der Waals surface area contributed by atoms with Crippen LogP contribution in [0.5, 0.6) is 0 Å². The highest BCUT2D eigenvalue weighted by Crippen LogP contribution is 2.18. The maximum Gasteiger partial charge on any atom is 0.315 e. The second-order valence-electron chi connectivity index (χ2n) is 6.25. The number of amides is 2. The Hall–Kier alpha value is -2.04. The summed E-state index contributed by atoms with van der Waals surface area (Å²) in [6, 6.07) is 7.00. The van der Waals surface area contributed by atoms with E-state index in [-0.39, 0.29) is 23.9 Å². The van der Waals surface area contributed by atoms with E-state index in [2.05, 4.69) is 31.4 Å². The zero-order valence-corrected chi connectivity index (χ0v) is 13.1. The standard InChI is InChI=1S/C16H24N2O3/c1-11(16(2,3)4)18-15(21)17-10-13-8-6-5-7-12(13)9-14(19)20/h5-8,11H,9-10H2,1-4H3,(H,19,20)(H2,17,18,21). The molecule has 2 amide bonds. The van der Waals surface area contributed by atoms with E-state index in [0.717, 1.165) is 5.56 Å². The lowest BCUT2D eigenvalue weighted by Crippen LogP contribution is -2.46. The second-order valence-corrected chi connectivity index (χ2v) is 6.25. The highest BCUT2D eigenvalue weighted by molar-refractivity contribution is 5.74. The number of rotatable bonds is 5. The number of carbonyl (C=O) groups excluding carboxylic acids is 1. The summed E-state index contributed by atoms with van der Waals surface area (Å²) in [5, 5.41) is 14.5. The molecule has 0 radical (unpaired) electrons. The molecule has 0 aliphatic heterocycles. The van der Waals surface area contributed by atoms with E-state index in [1.165, 1.54) is 0 Å².